The van der Waals surface area contributed by atoms with Gasteiger partial charge in [0.2, 0.25) is 11.8 Å². The molecule has 1 aliphatic heterocycles. The average molecular weight is 318 g/mol. The Labute approximate surface area is 138 Å². The summed E-state index contributed by atoms with van der Waals surface area (Å²) in [6.07, 6.45) is 1.53. The van der Waals surface area contributed by atoms with E-state index < -0.39 is 0 Å². The standard InChI is InChI=1S/C18H26N2O3/c1-14-12-20(13-15(2)23-14)18(22)11-7-10-17(21)19(3)16-8-5-4-6-9-16/h4-6,8-9,14-15H,7,10-13H2,1-3H3. The molecular formula is C18H26N2O3. The van der Waals surface area contributed by atoms with Crippen LogP contribution in [0.2, 0.25) is 0 Å². The van der Waals surface area contributed by atoms with Crippen LogP contribution in [0.15, 0.2) is 30.3 Å². The fourth-order valence-corrected chi connectivity index (χ4v) is 2.89. The third kappa shape index (κ3) is 5.06. The van der Waals surface area contributed by atoms with Gasteiger partial charge in [-0.1, -0.05) is 18.2 Å². The first-order valence-corrected chi connectivity index (χ1v) is 8.22. The molecular weight excluding hydrogens is 292 g/mol. The van der Waals surface area contributed by atoms with Crippen LogP contribution in [-0.2, 0) is 14.3 Å². The minimum absolute atomic E-state index is 0.0349. The highest BCUT2D eigenvalue weighted by atomic mass is 16.5. The van der Waals surface area contributed by atoms with Gasteiger partial charge in [-0.25, -0.2) is 0 Å². The summed E-state index contributed by atoms with van der Waals surface area (Å²) in [6.45, 7) is 5.24. The molecule has 5 nitrogen and oxygen atoms in total. The molecule has 1 aromatic rings. The van der Waals surface area contributed by atoms with Crippen molar-refractivity contribution in [1.82, 2.24) is 4.90 Å². The van der Waals surface area contributed by atoms with Gasteiger partial charge in [-0.3, -0.25) is 9.59 Å². The van der Waals surface area contributed by atoms with Crippen molar-refractivity contribution in [2.75, 3.05) is 25.0 Å². The van der Waals surface area contributed by atoms with E-state index in [0.29, 0.717) is 32.4 Å². The van der Waals surface area contributed by atoms with Crippen LogP contribution in [0.25, 0.3) is 0 Å². The van der Waals surface area contributed by atoms with Crippen LogP contribution in [0.5, 0.6) is 0 Å². The van der Waals surface area contributed by atoms with Gasteiger partial charge in [0.15, 0.2) is 0 Å². The lowest BCUT2D eigenvalue weighted by molar-refractivity contribution is -0.143. The molecule has 23 heavy (non-hydrogen) atoms. The monoisotopic (exact) mass is 318 g/mol. The van der Waals surface area contributed by atoms with Crippen LogP contribution in [0.4, 0.5) is 5.69 Å². The van der Waals surface area contributed by atoms with E-state index in [1.807, 2.05) is 49.1 Å². The molecule has 126 valence electrons. The number of benzene rings is 1. The molecule has 1 aromatic carbocycles. The summed E-state index contributed by atoms with van der Waals surface area (Å²) < 4.78 is 5.64. The summed E-state index contributed by atoms with van der Waals surface area (Å²) in [7, 11) is 1.77. The predicted molar refractivity (Wildman–Crippen MR) is 90.3 cm³/mol. The van der Waals surface area contributed by atoms with Crippen molar-refractivity contribution in [2.45, 2.75) is 45.3 Å². The SMILES string of the molecule is CC1CN(C(=O)CCCC(=O)N(C)c2ccccc2)CC(C)O1. The largest absolute Gasteiger partial charge is 0.372 e. The van der Waals surface area contributed by atoms with Crippen molar-refractivity contribution < 1.29 is 14.3 Å². The first-order chi connectivity index (χ1) is 11.0. The summed E-state index contributed by atoms with van der Waals surface area (Å²) in [4.78, 5) is 27.9. The van der Waals surface area contributed by atoms with E-state index in [4.69, 9.17) is 4.74 Å². The van der Waals surface area contributed by atoms with Crippen LogP contribution in [-0.4, -0.2) is 49.1 Å². The molecule has 0 aliphatic carbocycles. The highest BCUT2D eigenvalue weighted by Crippen LogP contribution is 2.15. The summed E-state index contributed by atoms with van der Waals surface area (Å²) in [5.41, 5.74) is 0.875. The third-order valence-corrected chi connectivity index (χ3v) is 4.07. The minimum atomic E-state index is 0.0349. The molecule has 0 radical (unpaired) electrons. The van der Waals surface area contributed by atoms with Crippen LogP contribution < -0.4 is 4.90 Å². The Hall–Kier alpha value is -1.88. The highest BCUT2D eigenvalue weighted by Gasteiger charge is 2.25. The Morgan fingerprint density at radius 3 is 2.35 bits per heavy atom. The number of carbonyl (C=O) groups is 2. The van der Waals surface area contributed by atoms with Gasteiger partial charge in [0.05, 0.1) is 12.2 Å². The second kappa shape index (κ2) is 8.11. The summed E-state index contributed by atoms with van der Waals surface area (Å²) in [5.74, 6) is 0.148. The van der Waals surface area contributed by atoms with Gasteiger partial charge < -0.3 is 14.5 Å². The van der Waals surface area contributed by atoms with Crippen molar-refractivity contribution in [3.05, 3.63) is 30.3 Å². The molecule has 1 aliphatic rings. The lowest BCUT2D eigenvalue weighted by atomic mass is 10.1. The second-order valence-corrected chi connectivity index (χ2v) is 6.20. The van der Waals surface area contributed by atoms with Crippen molar-refractivity contribution >= 4 is 17.5 Å². The van der Waals surface area contributed by atoms with E-state index in [1.165, 1.54) is 0 Å². The van der Waals surface area contributed by atoms with Crippen molar-refractivity contribution in [3.8, 4) is 0 Å². The number of rotatable bonds is 5. The minimum Gasteiger partial charge on any atom is -0.372 e. The Balaban J connectivity index is 1.76. The van der Waals surface area contributed by atoms with Crippen LogP contribution in [0.3, 0.4) is 0 Å². The average Bonchev–Trinajstić information content (AvgIpc) is 2.53. The first kappa shape index (κ1) is 17.5. The number of anilines is 1. The van der Waals surface area contributed by atoms with E-state index >= 15 is 0 Å². The zero-order valence-corrected chi connectivity index (χ0v) is 14.2. The van der Waals surface area contributed by atoms with E-state index in [2.05, 4.69) is 0 Å². The summed E-state index contributed by atoms with van der Waals surface area (Å²) in [5, 5.41) is 0. The molecule has 0 aromatic heterocycles. The Morgan fingerprint density at radius 2 is 1.74 bits per heavy atom. The normalized spacial score (nSPS) is 21.1. The molecule has 2 unspecified atom stereocenters. The Bertz CT molecular complexity index is 522. The molecule has 0 saturated carbocycles. The molecule has 1 fully saturated rings. The molecule has 2 rings (SSSR count). The predicted octanol–water partition coefficient (Wildman–Crippen LogP) is 2.46. The Morgan fingerprint density at radius 1 is 1.13 bits per heavy atom. The van der Waals surface area contributed by atoms with E-state index in [-0.39, 0.29) is 24.0 Å². The summed E-state index contributed by atoms with van der Waals surface area (Å²) >= 11 is 0. The molecule has 2 atom stereocenters. The number of carbonyl (C=O) groups excluding carboxylic acids is 2. The maximum atomic E-state index is 12.3. The van der Waals surface area contributed by atoms with Gasteiger partial charge in [-0.05, 0) is 32.4 Å². The lowest BCUT2D eigenvalue weighted by Gasteiger charge is -2.35. The number of ether oxygens (including phenoxy) is 1. The number of hydrogen-bond acceptors (Lipinski definition) is 3. The third-order valence-electron chi connectivity index (χ3n) is 4.07. The number of morpholine rings is 1. The topological polar surface area (TPSA) is 49.9 Å². The maximum absolute atomic E-state index is 12.3. The molecule has 0 spiro atoms. The molecule has 1 saturated heterocycles. The van der Waals surface area contributed by atoms with Gasteiger partial charge in [0, 0.05) is 38.7 Å². The first-order valence-electron chi connectivity index (χ1n) is 8.22. The quantitative estimate of drug-likeness (QED) is 0.838. The zero-order valence-electron chi connectivity index (χ0n) is 14.2. The fraction of sp³-hybridized carbons (Fsp3) is 0.556. The van der Waals surface area contributed by atoms with Gasteiger partial charge >= 0.3 is 0 Å². The molecule has 1 heterocycles. The van der Waals surface area contributed by atoms with Gasteiger partial charge in [0.25, 0.3) is 0 Å². The number of hydrogen-bond donors (Lipinski definition) is 0. The van der Waals surface area contributed by atoms with E-state index in [1.54, 1.807) is 11.9 Å². The molecule has 5 heteroatoms. The van der Waals surface area contributed by atoms with E-state index in [0.717, 1.165) is 5.69 Å². The zero-order chi connectivity index (χ0) is 16.8. The van der Waals surface area contributed by atoms with Crippen molar-refractivity contribution in [1.29, 1.82) is 0 Å². The number of para-hydroxylation sites is 1. The second-order valence-electron chi connectivity index (χ2n) is 6.20. The Kier molecular flexibility index (Phi) is 6.16. The maximum Gasteiger partial charge on any atom is 0.226 e. The number of nitrogens with zero attached hydrogens (tertiary/aromatic N) is 2. The number of amides is 2. The summed E-state index contributed by atoms with van der Waals surface area (Å²) in [6, 6.07) is 9.54. The molecule has 2 amide bonds. The van der Waals surface area contributed by atoms with Crippen molar-refractivity contribution in [3.63, 3.8) is 0 Å². The van der Waals surface area contributed by atoms with Gasteiger partial charge in [-0.2, -0.15) is 0 Å². The van der Waals surface area contributed by atoms with Gasteiger partial charge in [0.1, 0.15) is 0 Å². The van der Waals surface area contributed by atoms with Crippen LogP contribution in [0, 0.1) is 0 Å². The van der Waals surface area contributed by atoms with Gasteiger partial charge in [-0.15, -0.1) is 0 Å². The fourth-order valence-electron chi connectivity index (χ4n) is 2.89. The molecule has 0 N–H and O–H groups in total. The van der Waals surface area contributed by atoms with E-state index in [9.17, 15) is 9.59 Å². The lowest BCUT2D eigenvalue weighted by Crippen LogP contribution is -2.48. The van der Waals surface area contributed by atoms with Crippen molar-refractivity contribution in [2.24, 2.45) is 0 Å². The highest BCUT2D eigenvalue weighted by molar-refractivity contribution is 5.93. The molecule has 0 bridgehead atoms. The van der Waals surface area contributed by atoms with Crippen LogP contribution in [0.1, 0.15) is 33.1 Å². The van der Waals surface area contributed by atoms with Crippen LogP contribution >= 0.6 is 0 Å². The smallest absolute Gasteiger partial charge is 0.226 e.